The molecule has 2 heterocycles. The SMILES string of the molecule is Fc1ccc(Nc2ccc3[nH]ncc3c2)nc1. The van der Waals surface area contributed by atoms with Gasteiger partial charge in [0.15, 0.2) is 0 Å². The molecule has 0 aliphatic heterocycles. The lowest BCUT2D eigenvalue weighted by Crippen LogP contribution is -1.93. The van der Waals surface area contributed by atoms with Crippen molar-refractivity contribution in [1.82, 2.24) is 15.2 Å². The molecule has 0 saturated carbocycles. The molecule has 0 amide bonds. The van der Waals surface area contributed by atoms with Crippen LogP contribution >= 0.6 is 0 Å². The van der Waals surface area contributed by atoms with Crippen LogP contribution in [0.15, 0.2) is 42.7 Å². The minimum Gasteiger partial charge on any atom is -0.340 e. The zero-order valence-corrected chi connectivity index (χ0v) is 8.81. The predicted molar refractivity (Wildman–Crippen MR) is 63.6 cm³/mol. The summed E-state index contributed by atoms with van der Waals surface area (Å²) in [4.78, 5) is 3.93. The van der Waals surface area contributed by atoms with Gasteiger partial charge < -0.3 is 5.32 Å². The maximum absolute atomic E-state index is 12.7. The molecule has 0 radical (unpaired) electrons. The number of anilines is 2. The van der Waals surface area contributed by atoms with Gasteiger partial charge in [-0.1, -0.05) is 0 Å². The zero-order valence-electron chi connectivity index (χ0n) is 8.81. The smallest absolute Gasteiger partial charge is 0.141 e. The molecular formula is C12H9FN4. The Labute approximate surface area is 96.5 Å². The van der Waals surface area contributed by atoms with E-state index in [4.69, 9.17) is 0 Å². The van der Waals surface area contributed by atoms with Crippen molar-refractivity contribution in [3.8, 4) is 0 Å². The van der Waals surface area contributed by atoms with Gasteiger partial charge in [0, 0.05) is 11.1 Å². The first kappa shape index (κ1) is 9.77. The molecule has 5 heteroatoms. The summed E-state index contributed by atoms with van der Waals surface area (Å²) in [5.41, 5.74) is 1.86. The maximum atomic E-state index is 12.7. The normalized spacial score (nSPS) is 10.6. The number of hydrogen-bond donors (Lipinski definition) is 2. The van der Waals surface area contributed by atoms with E-state index in [2.05, 4.69) is 20.5 Å². The van der Waals surface area contributed by atoms with Crippen molar-refractivity contribution in [3.63, 3.8) is 0 Å². The minimum atomic E-state index is -0.346. The Balaban J connectivity index is 1.91. The van der Waals surface area contributed by atoms with Crippen LogP contribution in [0.4, 0.5) is 15.9 Å². The summed E-state index contributed by atoms with van der Waals surface area (Å²) in [6, 6.07) is 8.74. The summed E-state index contributed by atoms with van der Waals surface area (Å²) >= 11 is 0. The van der Waals surface area contributed by atoms with Crippen molar-refractivity contribution >= 4 is 22.4 Å². The van der Waals surface area contributed by atoms with Crippen LogP contribution in [0.2, 0.25) is 0 Å². The van der Waals surface area contributed by atoms with Gasteiger partial charge in [-0.3, -0.25) is 5.10 Å². The van der Waals surface area contributed by atoms with E-state index in [9.17, 15) is 4.39 Å². The zero-order chi connectivity index (χ0) is 11.7. The van der Waals surface area contributed by atoms with Crippen molar-refractivity contribution < 1.29 is 4.39 Å². The Bertz CT molecular complexity index is 645. The minimum absolute atomic E-state index is 0.346. The summed E-state index contributed by atoms with van der Waals surface area (Å²) in [5, 5.41) is 10.9. The fourth-order valence-corrected chi connectivity index (χ4v) is 1.62. The first-order valence-corrected chi connectivity index (χ1v) is 5.13. The van der Waals surface area contributed by atoms with Crippen molar-refractivity contribution in [2.45, 2.75) is 0 Å². The van der Waals surface area contributed by atoms with Crippen LogP contribution in [0, 0.1) is 5.82 Å². The number of nitrogens with one attached hydrogen (secondary N) is 2. The quantitative estimate of drug-likeness (QED) is 0.709. The van der Waals surface area contributed by atoms with Gasteiger partial charge in [0.1, 0.15) is 11.6 Å². The first-order valence-electron chi connectivity index (χ1n) is 5.13. The molecular weight excluding hydrogens is 219 g/mol. The molecule has 2 aromatic heterocycles. The summed E-state index contributed by atoms with van der Waals surface area (Å²) in [6.45, 7) is 0. The van der Waals surface area contributed by atoms with E-state index in [1.165, 1.54) is 12.3 Å². The van der Waals surface area contributed by atoms with E-state index >= 15 is 0 Å². The van der Waals surface area contributed by atoms with Gasteiger partial charge in [-0.2, -0.15) is 5.10 Å². The second kappa shape index (κ2) is 3.86. The molecule has 0 fully saturated rings. The first-order chi connectivity index (χ1) is 8.31. The Morgan fingerprint density at radius 1 is 1.12 bits per heavy atom. The summed E-state index contributed by atoms with van der Waals surface area (Å²) < 4.78 is 12.7. The van der Waals surface area contributed by atoms with Crippen LogP contribution in [-0.2, 0) is 0 Å². The third kappa shape index (κ3) is 1.94. The number of benzene rings is 1. The number of halogens is 1. The number of aromatic nitrogens is 3. The lowest BCUT2D eigenvalue weighted by Gasteiger charge is -2.04. The van der Waals surface area contributed by atoms with Gasteiger partial charge in [-0.05, 0) is 30.3 Å². The fraction of sp³-hybridized carbons (Fsp3) is 0. The molecule has 4 nitrogen and oxygen atoms in total. The Kier molecular flexibility index (Phi) is 2.22. The van der Waals surface area contributed by atoms with Crippen molar-refractivity contribution in [2.75, 3.05) is 5.32 Å². The van der Waals surface area contributed by atoms with Crippen LogP contribution in [0.3, 0.4) is 0 Å². The summed E-state index contributed by atoms with van der Waals surface area (Å²) in [7, 11) is 0. The molecule has 0 aliphatic rings. The van der Waals surface area contributed by atoms with Crippen LogP contribution in [0.5, 0.6) is 0 Å². The Hall–Kier alpha value is -2.43. The van der Waals surface area contributed by atoms with Crippen molar-refractivity contribution in [3.05, 3.63) is 48.5 Å². The molecule has 17 heavy (non-hydrogen) atoms. The third-order valence-corrected chi connectivity index (χ3v) is 2.44. The molecule has 3 aromatic rings. The summed E-state index contributed by atoms with van der Waals surface area (Å²) in [6.07, 6.45) is 2.93. The van der Waals surface area contributed by atoms with Crippen LogP contribution in [0.1, 0.15) is 0 Å². The molecule has 0 spiro atoms. The van der Waals surface area contributed by atoms with Gasteiger partial charge in [-0.25, -0.2) is 9.37 Å². The van der Waals surface area contributed by atoms with E-state index in [0.717, 1.165) is 16.6 Å². The van der Waals surface area contributed by atoms with Crippen LogP contribution in [-0.4, -0.2) is 15.2 Å². The van der Waals surface area contributed by atoms with Crippen molar-refractivity contribution in [1.29, 1.82) is 0 Å². The van der Waals surface area contributed by atoms with Gasteiger partial charge in [0.2, 0.25) is 0 Å². The number of nitrogens with zero attached hydrogens (tertiary/aromatic N) is 2. The molecule has 0 atom stereocenters. The van der Waals surface area contributed by atoms with E-state index in [-0.39, 0.29) is 5.82 Å². The Morgan fingerprint density at radius 2 is 2.06 bits per heavy atom. The average molecular weight is 228 g/mol. The average Bonchev–Trinajstić information content (AvgIpc) is 2.79. The number of hydrogen-bond acceptors (Lipinski definition) is 3. The highest BCUT2D eigenvalue weighted by Crippen LogP contribution is 2.19. The Morgan fingerprint density at radius 3 is 2.88 bits per heavy atom. The maximum Gasteiger partial charge on any atom is 0.141 e. The van der Waals surface area contributed by atoms with Crippen LogP contribution < -0.4 is 5.32 Å². The van der Waals surface area contributed by atoms with E-state index < -0.39 is 0 Å². The highest BCUT2D eigenvalue weighted by Gasteiger charge is 1.99. The lowest BCUT2D eigenvalue weighted by atomic mass is 10.2. The van der Waals surface area contributed by atoms with Gasteiger partial charge in [0.25, 0.3) is 0 Å². The van der Waals surface area contributed by atoms with Crippen LogP contribution in [0.25, 0.3) is 10.9 Å². The highest BCUT2D eigenvalue weighted by molar-refractivity contribution is 5.82. The number of aromatic amines is 1. The van der Waals surface area contributed by atoms with Crippen molar-refractivity contribution in [2.24, 2.45) is 0 Å². The molecule has 2 N–H and O–H groups in total. The molecule has 0 bridgehead atoms. The van der Waals surface area contributed by atoms with E-state index in [1.807, 2.05) is 18.2 Å². The number of pyridine rings is 1. The molecule has 0 unspecified atom stereocenters. The highest BCUT2D eigenvalue weighted by atomic mass is 19.1. The number of H-pyrrole nitrogens is 1. The molecule has 0 aliphatic carbocycles. The fourth-order valence-electron chi connectivity index (χ4n) is 1.62. The number of fused-ring (bicyclic) bond motifs is 1. The third-order valence-electron chi connectivity index (χ3n) is 2.44. The molecule has 84 valence electrons. The summed E-state index contributed by atoms with van der Waals surface area (Å²) in [5.74, 6) is 0.259. The molecule has 1 aromatic carbocycles. The predicted octanol–water partition coefficient (Wildman–Crippen LogP) is 2.84. The lowest BCUT2D eigenvalue weighted by molar-refractivity contribution is 0.622. The monoisotopic (exact) mass is 228 g/mol. The second-order valence-electron chi connectivity index (χ2n) is 3.66. The van der Waals surface area contributed by atoms with E-state index in [0.29, 0.717) is 5.82 Å². The molecule has 0 saturated heterocycles. The van der Waals surface area contributed by atoms with E-state index in [1.54, 1.807) is 12.3 Å². The second-order valence-corrected chi connectivity index (χ2v) is 3.66. The molecule has 3 rings (SSSR count). The number of rotatable bonds is 2. The largest absolute Gasteiger partial charge is 0.340 e. The standard InChI is InChI=1S/C12H9FN4/c13-9-1-4-12(14-7-9)16-10-2-3-11-8(5-10)6-15-17-11/h1-7H,(H,14,16)(H,15,17). The van der Waals surface area contributed by atoms with Gasteiger partial charge >= 0.3 is 0 Å². The van der Waals surface area contributed by atoms with Gasteiger partial charge in [-0.15, -0.1) is 0 Å². The van der Waals surface area contributed by atoms with Gasteiger partial charge in [0.05, 0.1) is 17.9 Å². The topological polar surface area (TPSA) is 53.6 Å².